The van der Waals surface area contributed by atoms with E-state index in [0.717, 1.165) is 5.69 Å². The SMILES string of the molecule is COC1CN(S(=O)(=O)Nc2ccc(OCc3ccccn3)c(Cl)c2)C1. The van der Waals surface area contributed by atoms with Crippen molar-refractivity contribution in [1.82, 2.24) is 9.29 Å². The first-order valence-electron chi connectivity index (χ1n) is 7.61. The number of aromatic nitrogens is 1. The Morgan fingerprint density at radius 2 is 2.12 bits per heavy atom. The molecule has 1 aliphatic rings. The van der Waals surface area contributed by atoms with E-state index in [4.69, 9.17) is 21.1 Å². The molecule has 1 aromatic heterocycles. The minimum Gasteiger partial charge on any atom is -0.486 e. The summed E-state index contributed by atoms with van der Waals surface area (Å²) in [5.41, 5.74) is 1.14. The molecule has 1 saturated heterocycles. The highest BCUT2D eigenvalue weighted by molar-refractivity contribution is 7.90. The molecule has 1 fully saturated rings. The number of pyridine rings is 1. The van der Waals surface area contributed by atoms with Crippen molar-refractivity contribution in [2.45, 2.75) is 12.7 Å². The third-order valence-electron chi connectivity index (χ3n) is 3.77. The third kappa shape index (κ3) is 4.40. The Bertz CT molecular complexity index is 827. The Kier molecular flexibility index (Phi) is 5.43. The van der Waals surface area contributed by atoms with Crippen LogP contribution in [0.3, 0.4) is 0 Å². The van der Waals surface area contributed by atoms with Gasteiger partial charge in [0.15, 0.2) is 0 Å². The summed E-state index contributed by atoms with van der Waals surface area (Å²) in [7, 11) is -2.05. The summed E-state index contributed by atoms with van der Waals surface area (Å²) in [6.07, 6.45) is 1.63. The Morgan fingerprint density at radius 1 is 1.32 bits per heavy atom. The lowest BCUT2D eigenvalue weighted by molar-refractivity contribution is 0.0128. The summed E-state index contributed by atoms with van der Waals surface area (Å²) in [6.45, 7) is 0.952. The quantitative estimate of drug-likeness (QED) is 0.793. The van der Waals surface area contributed by atoms with E-state index < -0.39 is 10.2 Å². The number of ether oxygens (including phenoxy) is 2. The second-order valence-electron chi connectivity index (χ2n) is 5.54. The molecule has 0 atom stereocenters. The van der Waals surface area contributed by atoms with Crippen LogP contribution in [-0.2, 0) is 21.6 Å². The zero-order valence-corrected chi connectivity index (χ0v) is 15.1. The Hall–Kier alpha value is -1.87. The van der Waals surface area contributed by atoms with Gasteiger partial charge in [0.05, 0.1) is 22.5 Å². The predicted molar refractivity (Wildman–Crippen MR) is 94.9 cm³/mol. The fourth-order valence-electron chi connectivity index (χ4n) is 2.28. The molecule has 0 spiro atoms. The summed E-state index contributed by atoms with van der Waals surface area (Å²) in [5, 5.41) is 0.314. The highest BCUT2D eigenvalue weighted by Gasteiger charge is 2.35. The number of hydrogen-bond acceptors (Lipinski definition) is 5. The second kappa shape index (κ2) is 7.57. The highest BCUT2D eigenvalue weighted by atomic mass is 35.5. The zero-order valence-electron chi connectivity index (χ0n) is 13.6. The van der Waals surface area contributed by atoms with Gasteiger partial charge in [-0.1, -0.05) is 17.7 Å². The molecule has 1 N–H and O–H groups in total. The molecule has 9 heteroatoms. The van der Waals surface area contributed by atoms with Crippen molar-refractivity contribution in [3.05, 3.63) is 53.3 Å². The van der Waals surface area contributed by atoms with Crippen LogP contribution < -0.4 is 9.46 Å². The van der Waals surface area contributed by atoms with Gasteiger partial charge in [0.25, 0.3) is 0 Å². The van der Waals surface area contributed by atoms with Crippen molar-refractivity contribution < 1.29 is 17.9 Å². The largest absolute Gasteiger partial charge is 0.486 e. The van der Waals surface area contributed by atoms with Crippen molar-refractivity contribution >= 4 is 27.5 Å². The minimum absolute atomic E-state index is 0.0532. The van der Waals surface area contributed by atoms with Gasteiger partial charge < -0.3 is 9.47 Å². The smallest absolute Gasteiger partial charge is 0.301 e. The molecular formula is C16H18ClN3O4S. The topological polar surface area (TPSA) is 80.8 Å². The van der Waals surface area contributed by atoms with Crippen LogP contribution in [0.1, 0.15) is 5.69 Å². The number of hydrogen-bond donors (Lipinski definition) is 1. The standard InChI is InChI=1S/C16H18ClN3O4S/c1-23-14-9-20(10-14)25(21,22)19-12-5-6-16(15(17)8-12)24-11-13-4-2-3-7-18-13/h2-8,14,19H,9-11H2,1H3. The zero-order chi connectivity index (χ0) is 17.9. The van der Waals surface area contributed by atoms with E-state index in [0.29, 0.717) is 29.5 Å². The fourth-order valence-corrected chi connectivity index (χ4v) is 3.79. The lowest BCUT2D eigenvalue weighted by Crippen LogP contribution is -2.55. The molecule has 0 saturated carbocycles. The Morgan fingerprint density at radius 3 is 2.76 bits per heavy atom. The lowest BCUT2D eigenvalue weighted by atomic mass is 10.2. The van der Waals surface area contributed by atoms with E-state index in [1.54, 1.807) is 25.4 Å². The van der Waals surface area contributed by atoms with Gasteiger partial charge in [-0.2, -0.15) is 12.7 Å². The maximum absolute atomic E-state index is 12.2. The average Bonchev–Trinajstić information content (AvgIpc) is 2.53. The summed E-state index contributed by atoms with van der Waals surface area (Å²) in [4.78, 5) is 4.16. The van der Waals surface area contributed by atoms with E-state index in [-0.39, 0.29) is 12.7 Å². The molecule has 25 heavy (non-hydrogen) atoms. The first kappa shape index (κ1) is 17.9. The fraction of sp³-hybridized carbons (Fsp3) is 0.312. The van der Waals surface area contributed by atoms with Crippen molar-refractivity contribution in [1.29, 1.82) is 0 Å². The van der Waals surface area contributed by atoms with Crippen molar-refractivity contribution in [3.63, 3.8) is 0 Å². The number of nitrogens with one attached hydrogen (secondary N) is 1. The van der Waals surface area contributed by atoms with Gasteiger partial charge in [0.1, 0.15) is 12.4 Å². The molecule has 0 amide bonds. The van der Waals surface area contributed by atoms with Crippen LogP contribution >= 0.6 is 11.6 Å². The van der Waals surface area contributed by atoms with Gasteiger partial charge in [-0.05, 0) is 30.3 Å². The van der Waals surface area contributed by atoms with E-state index in [1.807, 2.05) is 18.2 Å². The molecule has 7 nitrogen and oxygen atoms in total. The first-order valence-corrected chi connectivity index (χ1v) is 9.42. The molecule has 1 aliphatic heterocycles. The summed E-state index contributed by atoms with van der Waals surface area (Å²) in [5.74, 6) is 0.457. The van der Waals surface area contributed by atoms with Gasteiger partial charge in [-0.3, -0.25) is 9.71 Å². The molecule has 0 bridgehead atoms. The van der Waals surface area contributed by atoms with Gasteiger partial charge in [-0.25, -0.2) is 0 Å². The molecule has 2 aromatic rings. The lowest BCUT2D eigenvalue weighted by Gasteiger charge is -2.36. The van der Waals surface area contributed by atoms with Crippen LogP contribution in [0.2, 0.25) is 5.02 Å². The number of rotatable bonds is 7. The molecule has 1 aromatic carbocycles. The number of methoxy groups -OCH3 is 1. The van der Waals surface area contributed by atoms with Gasteiger partial charge >= 0.3 is 10.2 Å². The Labute approximate surface area is 151 Å². The van der Waals surface area contributed by atoms with Crippen molar-refractivity contribution in [2.75, 3.05) is 24.9 Å². The van der Waals surface area contributed by atoms with Crippen LogP contribution in [0.4, 0.5) is 5.69 Å². The van der Waals surface area contributed by atoms with E-state index in [1.165, 1.54) is 10.4 Å². The van der Waals surface area contributed by atoms with E-state index in [9.17, 15) is 8.42 Å². The number of halogens is 1. The molecule has 2 heterocycles. The molecule has 0 radical (unpaired) electrons. The molecular weight excluding hydrogens is 366 g/mol. The summed E-state index contributed by atoms with van der Waals surface area (Å²) in [6, 6.07) is 10.3. The number of benzene rings is 1. The molecule has 0 unspecified atom stereocenters. The average molecular weight is 384 g/mol. The van der Waals surface area contributed by atoms with Crippen LogP contribution in [0.15, 0.2) is 42.6 Å². The monoisotopic (exact) mass is 383 g/mol. The van der Waals surface area contributed by atoms with Gasteiger partial charge in [-0.15, -0.1) is 0 Å². The van der Waals surface area contributed by atoms with Crippen LogP contribution in [0.25, 0.3) is 0 Å². The maximum Gasteiger partial charge on any atom is 0.301 e. The van der Waals surface area contributed by atoms with Crippen LogP contribution in [-0.4, -0.2) is 44.0 Å². The predicted octanol–water partition coefficient (Wildman–Crippen LogP) is 2.30. The molecule has 0 aliphatic carbocycles. The van der Waals surface area contributed by atoms with Gasteiger partial charge in [0, 0.05) is 26.4 Å². The van der Waals surface area contributed by atoms with E-state index in [2.05, 4.69) is 9.71 Å². The molecule has 3 rings (SSSR count). The highest BCUT2D eigenvalue weighted by Crippen LogP contribution is 2.29. The van der Waals surface area contributed by atoms with Crippen molar-refractivity contribution in [2.24, 2.45) is 0 Å². The third-order valence-corrected chi connectivity index (χ3v) is 5.54. The first-order chi connectivity index (χ1) is 12.0. The molecule has 134 valence electrons. The van der Waals surface area contributed by atoms with E-state index >= 15 is 0 Å². The number of nitrogens with zero attached hydrogens (tertiary/aromatic N) is 2. The normalized spacial score (nSPS) is 15.6. The summed E-state index contributed by atoms with van der Waals surface area (Å²) < 4.78 is 39.0. The van der Waals surface area contributed by atoms with Crippen molar-refractivity contribution in [3.8, 4) is 5.75 Å². The Balaban J connectivity index is 1.62. The summed E-state index contributed by atoms with van der Waals surface area (Å²) >= 11 is 6.18. The maximum atomic E-state index is 12.2. The van der Waals surface area contributed by atoms with Crippen LogP contribution in [0, 0.1) is 0 Å². The minimum atomic E-state index is -3.61. The second-order valence-corrected chi connectivity index (χ2v) is 7.61. The number of anilines is 1. The van der Waals surface area contributed by atoms with Gasteiger partial charge in [0.2, 0.25) is 0 Å². The van der Waals surface area contributed by atoms with Crippen LogP contribution in [0.5, 0.6) is 5.75 Å².